The summed E-state index contributed by atoms with van der Waals surface area (Å²) in [6.45, 7) is 0. The van der Waals surface area contributed by atoms with Gasteiger partial charge in [-0.1, -0.05) is 30.3 Å². The van der Waals surface area contributed by atoms with Crippen molar-refractivity contribution < 1.29 is 53.8 Å². The minimum Gasteiger partial charge on any atom is -0.369 e. The van der Waals surface area contributed by atoms with Gasteiger partial charge in [0.05, 0.1) is 11.3 Å². The van der Waals surface area contributed by atoms with Gasteiger partial charge in [0.15, 0.2) is 0 Å². The highest BCUT2D eigenvalue weighted by molar-refractivity contribution is 7.92. The molecule has 206 valence electrons. The number of carbonyl (C=O) groups is 2. The predicted molar refractivity (Wildman–Crippen MR) is 121 cm³/mol. The first kappa shape index (κ1) is 28.0. The molecule has 0 radical (unpaired) electrons. The van der Waals surface area contributed by atoms with Crippen molar-refractivity contribution in [1.82, 2.24) is 5.32 Å². The lowest BCUT2D eigenvalue weighted by molar-refractivity contribution is -0.376. The van der Waals surface area contributed by atoms with Crippen LogP contribution in [0.3, 0.4) is 0 Å². The van der Waals surface area contributed by atoms with Crippen LogP contribution in [0.2, 0.25) is 0 Å². The molecule has 0 saturated heterocycles. The Hall–Kier alpha value is -3.98. The Morgan fingerprint density at radius 1 is 0.821 bits per heavy atom. The summed E-state index contributed by atoms with van der Waals surface area (Å²) in [7, 11) is -4.25. The molecule has 0 bridgehead atoms. The van der Waals surface area contributed by atoms with Gasteiger partial charge in [-0.2, -0.15) is 26.3 Å². The average Bonchev–Trinajstić information content (AvgIpc) is 2.82. The molecule has 3 aromatic carbocycles. The van der Waals surface area contributed by atoms with Crippen LogP contribution in [0.5, 0.6) is 0 Å². The Bertz CT molecular complexity index is 1570. The van der Waals surface area contributed by atoms with Crippen LogP contribution in [0.25, 0.3) is 11.1 Å². The molecule has 39 heavy (non-hydrogen) atoms. The maximum Gasteiger partial charge on any atom is 0.430 e. The molecule has 0 spiro atoms. The number of alkyl halides is 6. The Kier molecular flexibility index (Phi) is 6.71. The van der Waals surface area contributed by atoms with Crippen LogP contribution in [0.4, 0.5) is 36.4 Å². The molecule has 0 atom stereocenters. The van der Waals surface area contributed by atoms with E-state index in [0.717, 1.165) is 30.3 Å². The molecule has 0 saturated carbocycles. The molecule has 1 aliphatic heterocycles. The van der Waals surface area contributed by atoms with E-state index in [1.165, 1.54) is 12.1 Å². The highest BCUT2D eigenvalue weighted by atomic mass is 32.2. The highest BCUT2D eigenvalue weighted by Crippen LogP contribution is 2.50. The van der Waals surface area contributed by atoms with Crippen molar-refractivity contribution in [1.29, 1.82) is 0 Å². The van der Waals surface area contributed by atoms with E-state index in [0.29, 0.717) is 11.6 Å². The number of hydrogen-bond acceptors (Lipinski definition) is 5. The number of imide groups is 1. The average molecular weight is 576 g/mol. The molecular weight excluding hydrogens is 561 g/mol. The van der Waals surface area contributed by atoms with Crippen molar-refractivity contribution in [2.24, 2.45) is 0 Å². The van der Waals surface area contributed by atoms with Crippen molar-refractivity contribution >= 4 is 27.5 Å². The molecule has 0 fully saturated rings. The van der Waals surface area contributed by atoms with Crippen LogP contribution >= 0.6 is 0 Å². The van der Waals surface area contributed by atoms with E-state index >= 15 is 0 Å². The van der Waals surface area contributed by atoms with Crippen molar-refractivity contribution in [3.05, 3.63) is 83.2 Å². The zero-order valence-corrected chi connectivity index (χ0v) is 19.9. The summed E-state index contributed by atoms with van der Waals surface area (Å²) < 4.78 is 121. The van der Waals surface area contributed by atoms with Gasteiger partial charge in [-0.25, -0.2) is 12.8 Å². The van der Waals surface area contributed by atoms with E-state index in [-0.39, 0.29) is 40.3 Å². The fourth-order valence-electron chi connectivity index (χ4n) is 3.89. The van der Waals surface area contributed by atoms with E-state index in [2.05, 4.69) is 10.0 Å². The van der Waals surface area contributed by atoms with Gasteiger partial charge in [0.25, 0.3) is 21.5 Å². The molecule has 4 rings (SSSR count). The molecule has 3 aromatic rings. The van der Waals surface area contributed by atoms with Gasteiger partial charge in [0.2, 0.25) is 5.91 Å². The number of fused-ring (bicyclic) bond motifs is 1. The van der Waals surface area contributed by atoms with E-state index in [9.17, 15) is 53.8 Å². The number of rotatable bonds is 5. The number of benzene rings is 3. The Morgan fingerprint density at radius 2 is 1.44 bits per heavy atom. The normalized spacial score (nSPS) is 14.6. The fourth-order valence-corrected chi connectivity index (χ4v) is 4.98. The summed E-state index contributed by atoms with van der Waals surface area (Å²) in [5, 5.41) is 11.5. The number of sulfonamides is 1. The molecule has 1 aliphatic rings. The second kappa shape index (κ2) is 9.34. The smallest absolute Gasteiger partial charge is 0.369 e. The summed E-state index contributed by atoms with van der Waals surface area (Å²) in [4.78, 5) is 23.2. The van der Waals surface area contributed by atoms with Crippen molar-refractivity contribution in [3.63, 3.8) is 0 Å². The lowest BCUT2D eigenvalue weighted by Gasteiger charge is -2.32. The Balaban J connectivity index is 1.59. The summed E-state index contributed by atoms with van der Waals surface area (Å²) in [5.41, 5.74) is -7.23. The number of amides is 2. The van der Waals surface area contributed by atoms with Crippen LogP contribution in [0.1, 0.15) is 21.5 Å². The monoisotopic (exact) mass is 576 g/mol. The molecule has 2 amide bonds. The molecule has 3 N–H and O–H groups in total. The van der Waals surface area contributed by atoms with Crippen molar-refractivity contribution in [2.45, 2.75) is 29.3 Å². The number of carbonyl (C=O) groups excluding carboxylic acids is 2. The van der Waals surface area contributed by atoms with E-state index in [1.54, 1.807) is 0 Å². The quantitative estimate of drug-likeness (QED) is 0.308. The van der Waals surface area contributed by atoms with E-state index in [4.69, 9.17) is 0 Å². The maximum atomic E-state index is 14.6. The van der Waals surface area contributed by atoms with Crippen LogP contribution < -0.4 is 10.0 Å². The third-order valence-electron chi connectivity index (χ3n) is 5.90. The van der Waals surface area contributed by atoms with Gasteiger partial charge in [0.1, 0.15) is 5.82 Å². The molecule has 0 unspecified atom stereocenters. The highest BCUT2D eigenvalue weighted by Gasteiger charge is 2.71. The van der Waals surface area contributed by atoms with E-state index in [1.807, 2.05) is 0 Å². The Labute approximate surface area is 215 Å². The van der Waals surface area contributed by atoms with Crippen LogP contribution in [-0.4, -0.2) is 37.7 Å². The number of halogens is 7. The molecule has 7 nitrogen and oxygen atoms in total. The van der Waals surface area contributed by atoms with Gasteiger partial charge < -0.3 is 5.11 Å². The lowest BCUT2D eigenvalue weighted by atomic mass is 9.90. The predicted octanol–water partition coefficient (Wildman–Crippen LogP) is 4.42. The summed E-state index contributed by atoms with van der Waals surface area (Å²) in [6.07, 6.45) is -12.5. The van der Waals surface area contributed by atoms with E-state index < -0.39 is 56.7 Å². The first-order valence-electron chi connectivity index (χ1n) is 10.7. The zero-order chi connectivity index (χ0) is 29.0. The second-order valence-electron chi connectivity index (χ2n) is 8.46. The van der Waals surface area contributed by atoms with Crippen molar-refractivity contribution in [3.8, 4) is 11.1 Å². The Morgan fingerprint density at radius 3 is 2.00 bits per heavy atom. The first-order valence-corrected chi connectivity index (χ1v) is 12.2. The van der Waals surface area contributed by atoms with Gasteiger partial charge in [-0.15, -0.1) is 0 Å². The largest absolute Gasteiger partial charge is 0.430 e. The number of hydrogen-bond donors (Lipinski definition) is 3. The van der Waals surface area contributed by atoms with Gasteiger partial charge in [0, 0.05) is 22.4 Å². The lowest BCUT2D eigenvalue weighted by Crippen LogP contribution is -2.53. The van der Waals surface area contributed by atoms with Crippen LogP contribution in [0, 0.1) is 5.82 Å². The molecule has 0 aromatic heterocycles. The minimum absolute atomic E-state index is 0.00492. The van der Waals surface area contributed by atoms with Crippen LogP contribution in [-0.2, 0) is 26.8 Å². The topological polar surface area (TPSA) is 113 Å². The maximum absolute atomic E-state index is 14.6. The molecular formula is C24H15F7N2O5S. The summed E-state index contributed by atoms with van der Waals surface area (Å²) >= 11 is 0. The van der Waals surface area contributed by atoms with Gasteiger partial charge in [-0.3, -0.25) is 19.6 Å². The number of nitrogens with one attached hydrogen (secondary N) is 2. The third kappa shape index (κ3) is 5.06. The third-order valence-corrected chi connectivity index (χ3v) is 7.27. The molecule has 1 heterocycles. The summed E-state index contributed by atoms with van der Waals surface area (Å²) in [5.74, 6) is -2.80. The minimum atomic E-state index is -6.18. The van der Waals surface area contributed by atoms with Gasteiger partial charge in [-0.05, 0) is 41.5 Å². The number of anilines is 1. The second-order valence-corrected chi connectivity index (χ2v) is 10.1. The van der Waals surface area contributed by atoms with Crippen molar-refractivity contribution in [2.75, 3.05) is 4.72 Å². The standard InChI is InChI=1S/C24H15F7N2O5S/c25-19-10-14(22(36,23(26,27)28)24(29,30)31)4-8-17(19)12-1-5-15(6-2-12)33-39(37,38)16-7-3-13-9-20(34)32-21(35)18(13)11-16/h1-8,10-11,33,36H,9H2,(H,32,34,35). The molecule has 15 heteroatoms. The van der Waals surface area contributed by atoms with Gasteiger partial charge >= 0.3 is 12.4 Å². The molecule has 0 aliphatic carbocycles. The van der Waals surface area contributed by atoms with Crippen LogP contribution in [0.15, 0.2) is 65.6 Å². The summed E-state index contributed by atoms with van der Waals surface area (Å²) in [6, 6.07) is 9.03. The zero-order valence-electron chi connectivity index (χ0n) is 19.1. The number of aliphatic hydroxyl groups is 1. The first-order chi connectivity index (χ1) is 17.9. The SMILES string of the molecule is O=C1Cc2ccc(S(=O)(=O)Nc3ccc(-c4ccc(C(O)(C(F)(F)F)C(F)(F)F)cc4F)cc3)cc2C(=O)N1. The fraction of sp³-hybridized carbons (Fsp3) is 0.167.